The molecule has 2 aliphatic heterocycles. The van der Waals surface area contributed by atoms with Crippen molar-refractivity contribution in [1.82, 2.24) is 9.88 Å². The van der Waals surface area contributed by atoms with E-state index in [0.29, 0.717) is 0 Å². The van der Waals surface area contributed by atoms with Gasteiger partial charge in [0.25, 0.3) is 0 Å². The molecule has 1 saturated heterocycles. The van der Waals surface area contributed by atoms with Gasteiger partial charge in [-0.05, 0) is 30.1 Å². The van der Waals surface area contributed by atoms with E-state index in [1.54, 1.807) is 25.6 Å². The first kappa shape index (κ1) is 19.4. The number of carbonyl (C=O) groups is 3. The van der Waals surface area contributed by atoms with Gasteiger partial charge < -0.3 is 10.1 Å². The average molecular weight is 437 g/mol. The molecule has 2 aliphatic carbocycles. The van der Waals surface area contributed by atoms with E-state index in [-0.39, 0.29) is 51.0 Å². The number of nitrogens with one attached hydrogen (secondary N) is 1. The molecule has 3 fully saturated rings. The Kier molecular flexibility index (Phi) is 3.98. The summed E-state index contributed by atoms with van der Waals surface area (Å²) in [4.78, 5) is 55.4. The van der Waals surface area contributed by atoms with Crippen LogP contribution in [0.3, 0.4) is 0 Å². The van der Waals surface area contributed by atoms with Crippen LogP contribution in [0.25, 0.3) is 0 Å². The minimum absolute atomic E-state index is 0.0406. The molecule has 2 bridgehead atoms. The summed E-state index contributed by atoms with van der Waals surface area (Å²) >= 11 is 2.89. The first-order valence-corrected chi connectivity index (χ1v) is 11.7. The van der Waals surface area contributed by atoms with Crippen LogP contribution in [0.5, 0.6) is 0 Å². The molecule has 7 nitrogen and oxygen atoms in total. The van der Waals surface area contributed by atoms with Gasteiger partial charge in [0.05, 0.1) is 16.9 Å². The zero-order valence-corrected chi connectivity index (χ0v) is 18.3. The van der Waals surface area contributed by atoms with Gasteiger partial charge in [0, 0.05) is 15.5 Å². The number of nitrogens with zero attached hydrogens (tertiary/aromatic N) is 1. The van der Waals surface area contributed by atoms with Crippen molar-refractivity contribution in [2.45, 2.75) is 55.8 Å². The lowest BCUT2D eigenvalue weighted by atomic mass is 9.64. The molecule has 9 heteroatoms. The molecule has 7 unspecified atom stereocenters. The fourth-order valence-electron chi connectivity index (χ4n) is 6.64. The van der Waals surface area contributed by atoms with Gasteiger partial charge in [0.15, 0.2) is 0 Å². The molecule has 2 saturated carbocycles. The molecule has 1 aromatic rings. The molecular formula is C20H24N2O5S2. The van der Waals surface area contributed by atoms with E-state index in [2.05, 4.69) is 18.8 Å². The summed E-state index contributed by atoms with van der Waals surface area (Å²) in [5, 5.41) is 10.7. The van der Waals surface area contributed by atoms with Crippen LogP contribution in [0.1, 0.15) is 39.0 Å². The van der Waals surface area contributed by atoms with Gasteiger partial charge in [0.1, 0.15) is 6.04 Å². The number of aromatic nitrogens is 1. The van der Waals surface area contributed by atoms with E-state index >= 15 is 0 Å². The molecule has 5 rings (SSSR count). The van der Waals surface area contributed by atoms with Gasteiger partial charge in [0.2, 0.25) is 11.8 Å². The van der Waals surface area contributed by atoms with Gasteiger partial charge in [-0.2, -0.15) is 0 Å². The number of aromatic amines is 1. The standard InChI is InChI=1S/C20H24N2O5S2/c1-6(2)12(18(25)26)22-16(23)9-7-5-8(10(9)17(22)24)13-11(7)20(3,4)14-15(28-13)21-19(27)29-14/h6-13H,5H2,1-4H3,(H,21,27)(H,25,26). The maximum Gasteiger partial charge on any atom is 0.327 e. The van der Waals surface area contributed by atoms with Crippen molar-refractivity contribution < 1.29 is 19.5 Å². The summed E-state index contributed by atoms with van der Waals surface area (Å²) in [7, 11) is 0. The smallest absolute Gasteiger partial charge is 0.327 e. The van der Waals surface area contributed by atoms with Gasteiger partial charge in [-0.1, -0.05) is 39.0 Å². The van der Waals surface area contributed by atoms with Crippen LogP contribution in [-0.4, -0.2) is 44.1 Å². The number of carboxylic acid groups (broad SMARTS) is 1. The lowest BCUT2D eigenvalue weighted by Gasteiger charge is -2.47. The maximum absolute atomic E-state index is 13.4. The summed E-state index contributed by atoms with van der Waals surface area (Å²) in [6, 6.07) is -1.11. The predicted octanol–water partition coefficient (Wildman–Crippen LogP) is 2.16. The number of H-pyrrole nitrogens is 1. The molecule has 0 radical (unpaired) electrons. The fraction of sp³-hybridized carbons (Fsp3) is 0.700. The van der Waals surface area contributed by atoms with Crippen molar-refractivity contribution in [3.05, 3.63) is 14.5 Å². The number of fused-ring (bicyclic) bond motifs is 9. The highest BCUT2D eigenvalue weighted by molar-refractivity contribution is 8.00. The Morgan fingerprint density at radius 2 is 1.79 bits per heavy atom. The Bertz CT molecular complexity index is 995. The van der Waals surface area contributed by atoms with E-state index in [1.807, 2.05) is 0 Å². The summed E-state index contributed by atoms with van der Waals surface area (Å²) in [5.74, 6) is -2.66. The van der Waals surface area contributed by atoms with Crippen LogP contribution < -0.4 is 4.87 Å². The number of thioether (sulfide) groups is 1. The van der Waals surface area contributed by atoms with Crippen LogP contribution in [0.2, 0.25) is 0 Å². The third kappa shape index (κ3) is 2.31. The van der Waals surface area contributed by atoms with Gasteiger partial charge in [-0.25, -0.2) is 4.79 Å². The maximum atomic E-state index is 13.4. The fourth-order valence-corrected chi connectivity index (χ4v) is 9.80. The molecule has 4 aliphatic rings. The van der Waals surface area contributed by atoms with Crippen molar-refractivity contribution in [3.8, 4) is 0 Å². The minimum atomic E-state index is -1.12. The van der Waals surface area contributed by atoms with E-state index < -0.39 is 23.8 Å². The predicted molar refractivity (Wildman–Crippen MR) is 108 cm³/mol. The van der Waals surface area contributed by atoms with Crippen molar-refractivity contribution in [2.75, 3.05) is 0 Å². The highest BCUT2D eigenvalue weighted by Gasteiger charge is 2.71. The molecule has 2 amide bonds. The summed E-state index contributed by atoms with van der Waals surface area (Å²) in [6.07, 6.45) is 0.824. The van der Waals surface area contributed by atoms with Crippen LogP contribution in [0, 0.1) is 35.5 Å². The summed E-state index contributed by atoms with van der Waals surface area (Å²) < 4.78 is 0. The largest absolute Gasteiger partial charge is 0.480 e. The van der Waals surface area contributed by atoms with Crippen LogP contribution in [0.15, 0.2) is 9.82 Å². The quantitative estimate of drug-likeness (QED) is 0.703. The Labute approximate surface area is 176 Å². The number of imide groups is 1. The highest BCUT2D eigenvalue weighted by atomic mass is 32.2. The SMILES string of the molecule is CC(C)C(C(=O)O)N1C(=O)C2C3CC(C2C1=O)C1C3Sc2[nH]c(=O)sc2C1(C)C. The molecule has 0 spiro atoms. The average Bonchev–Trinajstić information content (AvgIpc) is 3.32. The zero-order valence-electron chi connectivity index (χ0n) is 16.7. The third-order valence-electron chi connectivity index (χ3n) is 7.59. The molecule has 2 N–H and O–H groups in total. The number of carbonyl (C=O) groups excluding carboxylic acids is 2. The zero-order chi connectivity index (χ0) is 21.0. The van der Waals surface area contributed by atoms with Gasteiger partial charge in [-0.15, -0.1) is 11.8 Å². The Morgan fingerprint density at radius 3 is 2.38 bits per heavy atom. The van der Waals surface area contributed by atoms with Crippen molar-refractivity contribution >= 4 is 40.9 Å². The van der Waals surface area contributed by atoms with Crippen LogP contribution in [-0.2, 0) is 19.8 Å². The number of hydrogen-bond acceptors (Lipinski definition) is 6. The van der Waals surface area contributed by atoms with Crippen LogP contribution >= 0.6 is 23.1 Å². The monoisotopic (exact) mass is 436 g/mol. The van der Waals surface area contributed by atoms with E-state index in [1.165, 1.54) is 11.3 Å². The molecule has 7 atom stereocenters. The lowest BCUT2D eigenvalue weighted by Crippen LogP contribution is -2.49. The van der Waals surface area contributed by atoms with Crippen molar-refractivity contribution in [2.24, 2.45) is 35.5 Å². The number of carboxylic acids is 1. The number of aliphatic carboxylic acids is 1. The Morgan fingerprint density at radius 1 is 1.17 bits per heavy atom. The second-order valence-electron chi connectivity index (χ2n) is 9.69. The van der Waals surface area contributed by atoms with Crippen molar-refractivity contribution in [1.29, 1.82) is 0 Å². The van der Waals surface area contributed by atoms with E-state index in [4.69, 9.17) is 0 Å². The normalized spacial score (nSPS) is 37.6. The van der Waals surface area contributed by atoms with Crippen molar-refractivity contribution in [3.63, 3.8) is 0 Å². The Balaban J connectivity index is 1.56. The molecule has 156 valence electrons. The Hall–Kier alpha value is -1.61. The molecular weight excluding hydrogens is 412 g/mol. The minimum Gasteiger partial charge on any atom is -0.480 e. The molecule has 29 heavy (non-hydrogen) atoms. The second-order valence-corrected chi connectivity index (χ2v) is 11.9. The summed E-state index contributed by atoms with van der Waals surface area (Å²) in [5.41, 5.74) is -0.263. The molecule has 3 heterocycles. The number of amides is 2. The number of likely N-dealkylation sites (tertiary alicyclic amines) is 1. The third-order valence-corrected chi connectivity index (χ3v) is 10.4. The lowest BCUT2D eigenvalue weighted by molar-refractivity contribution is -0.157. The summed E-state index contributed by atoms with van der Waals surface area (Å²) in [6.45, 7) is 7.73. The number of hydrogen-bond donors (Lipinski definition) is 2. The first-order chi connectivity index (χ1) is 13.6. The number of thiazole rings is 1. The highest BCUT2D eigenvalue weighted by Crippen LogP contribution is 2.69. The van der Waals surface area contributed by atoms with Crippen LogP contribution in [0.4, 0.5) is 0 Å². The van der Waals surface area contributed by atoms with E-state index in [9.17, 15) is 24.3 Å². The topological polar surface area (TPSA) is 108 Å². The number of rotatable bonds is 3. The van der Waals surface area contributed by atoms with E-state index in [0.717, 1.165) is 21.2 Å². The second kappa shape index (κ2) is 5.97. The molecule has 1 aromatic heterocycles. The molecule has 0 aromatic carbocycles. The first-order valence-electron chi connectivity index (χ1n) is 10.1. The van der Waals surface area contributed by atoms with Gasteiger partial charge >= 0.3 is 10.8 Å². The van der Waals surface area contributed by atoms with Gasteiger partial charge in [-0.3, -0.25) is 19.3 Å².